The fraction of sp³-hybridized carbons (Fsp3) is 0.280. The van der Waals surface area contributed by atoms with Crippen LogP contribution in [0.15, 0.2) is 70.9 Å². The van der Waals surface area contributed by atoms with Gasteiger partial charge in [-0.15, -0.1) is 0 Å². The van der Waals surface area contributed by atoms with E-state index in [0.717, 1.165) is 45.5 Å². The fourth-order valence-corrected chi connectivity index (χ4v) is 4.31. The zero-order valence-electron chi connectivity index (χ0n) is 18.1. The first-order chi connectivity index (χ1) is 14.9. The summed E-state index contributed by atoms with van der Waals surface area (Å²) < 4.78 is 8.60. The van der Waals surface area contributed by atoms with E-state index in [2.05, 4.69) is 81.4 Å². The molecule has 160 valence electrons. The molecule has 0 saturated carbocycles. The lowest BCUT2D eigenvalue weighted by molar-refractivity contribution is 0.172. The average Bonchev–Trinajstić information content (AvgIpc) is 3.12. The topological polar surface area (TPSA) is 48.6 Å². The lowest BCUT2D eigenvalue weighted by atomic mass is 9.76. The van der Waals surface area contributed by atoms with Crippen molar-refractivity contribution < 1.29 is 9.57 Å². The van der Waals surface area contributed by atoms with Gasteiger partial charge in [-0.05, 0) is 48.1 Å². The van der Waals surface area contributed by atoms with Gasteiger partial charge in [-0.1, -0.05) is 59.7 Å². The van der Waals surface area contributed by atoms with Crippen molar-refractivity contribution in [3.63, 3.8) is 0 Å². The number of pyridine rings is 1. The van der Waals surface area contributed by atoms with Crippen molar-refractivity contribution in [2.24, 2.45) is 10.6 Å². The van der Waals surface area contributed by atoms with Crippen LogP contribution in [0.1, 0.15) is 31.5 Å². The average molecular weight is 480 g/mol. The summed E-state index contributed by atoms with van der Waals surface area (Å²) in [6.45, 7) is 8.64. The summed E-state index contributed by atoms with van der Waals surface area (Å²) in [5, 5.41) is 4.48. The summed E-state index contributed by atoms with van der Waals surface area (Å²) in [5.41, 5.74) is 6.56. The molecule has 0 amide bonds. The van der Waals surface area contributed by atoms with E-state index < -0.39 is 0 Å². The highest BCUT2D eigenvalue weighted by Gasteiger charge is 2.34. The molecule has 0 N–H and O–H groups in total. The van der Waals surface area contributed by atoms with E-state index in [4.69, 9.17) is 9.57 Å². The van der Waals surface area contributed by atoms with E-state index in [-0.39, 0.29) is 5.41 Å². The van der Waals surface area contributed by atoms with Crippen LogP contribution in [0.5, 0.6) is 5.88 Å². The van der Waals surface area contributed by atoms with Crippen molar-refractivity contribution in [1.82, 2.24) is 9.55 Å². The van der Waals surface area contributed by atoms with Gasteiger partial charge < -0.3 is 14.1 Å². The molecule has 31 heavy (non-hydrogen) atoms. The zero-order valence-corrected chi connectivity index (χ0v) is 19.6. The molecule has 2 aromatic heterocycles. The fourth-order valence-electron chi connectivity index (χ4n) is 4.04. The third-order valence-electron chi connectivity index (χ3n) is 5.40. The van der Waals surface area contributed by atoms with Crippen LogP contribution < -0.4 is 4.74 Å². The normalized spacial score (nSPS) is 16.1. The number of ether oxygens (including phenoxy) is 1. The molecule has 1 aliphatic carbocycles. The Balaban J connectivity index is 1.93. The Bertz CT molecular complexity index is 1110. The second kappa shape index (κ2) is 8.71. The monoisotopic (exact) mass is 479 g/mol. The maximum Gasteiger partial charge on any atom is 0.213 e. The van der Waals surface area contributed by atoms with Crippen LogP contribution in [0.4, 0.5) is 0 Å². The van der Waals surface area contributed by atoms with E-state index in [9.17, 15) is 0 Å². The van der Waals surface area contributed by atoms with Crippen LogP contribution in [0, 0.1) is 5.41 Å². The van der Waals surface area contributed by atoms with Gasteiger partial charge in [0.25, 0.3) is 0 Å². The number of halogens is 1. The van der Waals surface area contributed by atoms with Crippen LogP contribution in [-0.4, -0.2) is 29.0 Å². The van der Waals surface area contributed by atoms with Gasteiger partial charge in [-0.25, -0.2) is 4.98 Å². The third kappa shape index (κ3) is 4.44. The van der Waals surface area contributed by atoms with Crippen molar-refractivity contribution in [3.05, 3.63) is 77.0 Å². The Kier molecular flexibility index (Phi) is 6.01. The number of hydrogen-bond donors (Lipinski definition) is 0. The summed E-state index contributed by atoms with van der Waals surface area (Å²) in [6.07, 6.45) is 5.33. The van der Waals surface area contributed by atoms with Gasteiger partial charge in [0.05, 0.1) is 30.4 Å². The van der Waals surface area contributed by atoms with E-state index in [1.54, 1.807) is 13.2 Å². The minimum absolute atomic E-state index is 0.0519. The molecule has 3 aromatic rings. The van der Waals surface area contributed by atoms with Gasteiger partial charge in [-0.3, -0.25) is 0 Å². The van der Waals surface area contributed by atoms with Crippen molar-refractivity contribution in [2.45, 2.75) is 26.7 Å². The van der Waals surface area contributed by atoms with Crippen LogP contribution in [0.2, 0.25) is 0 Å². The minimum Gasteiger partial charge on any atom is -0.481 e. The highest BCUT2D eigenvalue weighted by atomic mass is 79.9. The zero-order chi connectivity index (χ0) is 22.0. The van der Waals surface area contributed by atoms with Gasteiger partial charge in [-0.2, -0.15) is 0 Å². The molecule has 2 heterocycles. The molecule has 0 saturated heterocycles. The molecule has 5 nitrogen and oxygen atoms in total. The summed E-state index contributed by atoms with van der Waals surface area (Å²) in [5.74, 6) is 0.593. The second-order valence-electron chi connectivity index (χ2n) is 8.43. The predicted molar refractivity (Wildman–Crippen MR) is 128 cm³/mol. The van der Waals surface area contributed by atoms with Crippen LogP contribution >= 0.6 is 15.9 Å². The van der Waals surface area contributed by atoms with Crippen molar-refractivity contribution in [3.8, 4) is 22.8 Å². The molecule has 0 fully saturated rings. The first-order valence-electron chi connectivity index (χ1n) is 10.2. The van der Waals surface area contributed by atoms with Crippen molar-refractivity contribution in [1.29, 1.82) is 0 Å². The number of oxime groups is 1. The molecule has 0 bridgehead atoms. The molecular formula is C25H26BrN3O2. The van der Waals surface area contributed by atoms with Gasteiger partial charge in [0.1, 0.15) is 6.61 Å². The lowest BCUT2D eigenvalue weighted by Crippen LogP contribution is -2.28. The third-order valence-corrected chi connectivity index (χ3v) is 5.93. The number of hydrogen-bond acceptors (Lipinski definition) is 4. The molecule has 0 unspecified atom stereocenters. The Morgan fingerprint density at radius 1 is 1.19 bits per heavy atom. The predicted octanol–water partition coefficient (Wildman–Crippen LogP) is 6.19. The highest BCUT2D eigenvalue weighted by Crippen LogP contribution is 2.40. The molecule has 6 heteroatoms. The highest BCUT2D eigenvalue weighted by molar-refractivity contribution is 9.10. The second-order valence-corrected chi connectivity index (χ2v) is 9.35. The number of benzene rings is 1. The Morgan fingerprint density at radius 2 is 1.97 bits per heavy atom. The van der Waals surface area contributed by atoms with Crippen LogP contribution in [0.25, 0.3) is 16.9 Å². The van der Waals surface area contributed by atoms with Crippen molar-refractivity contribution >= 4 is 21.6 Å². The quantitative estimate of drug-likeness (QED) is 0.240. The van der Waals surface area contributed by atoms with Crippen molar-refractivity contribution in [2.75, 3.05) is 13.7 Å². The van der Waals surface area contributed by atoms with Gasteiger partial charge in [0.15, 0.2) is 0 Å². The molecule has 0 aliphatic heterocycles. The number of nitrogens with zero attached hydrogens (tertiary/aromatic N) is 3. The Hall–Kier alpha value is -2.86. The summed E-state index contributed by atoms with van der Waals surface area (Å²) >= 11 is 3.54. The molecule has 1 aliphatic rings. The molecular weight excluding hydrogens is 454 g/mol. The van der Waals surface area contributed by atoms with Crippen LogP contribution in [0.3, 0.4) is 0 Å². The molecule has 0 spiro atoms. The number of rotatable bonds is 6. The lowest BCUT2D eigenvalue weighted by Gasteiger charge is -2.31. The first-order valence-corrected chi connectivity index (χ1v) is 11.0. The standard InChI is InChI=1S/C25H26BrN3O2/c1-5-12-31-28-21-14-25(2,3)15-23-20(21)13-22(17-6-8-18(26)9-7-17)29(23)19-10-11-24(30-4)27-16-19/h5-11,13,16H,1,12,14-15H2,2-4H3/b28-21-. The number of aromatic nitrogens is 2. The van der Waals surface area contributed by atoms with E-state index in [1.807, 2.05) is 18.3 Å². The first kappa shape index (κ1) is 21.4. The molecule has 1 aromatic carbocycles. The smallest absolute Gasteiger partial charge is 0.213 e. The summed E-state index contributed by atoms with van der Waals surface area (Å²) in [6, 6.07) is 14.5. The SMILES string of the molecule is C=CCO/N=C1/CC(C)(C)Cc2c1cc(-c1ccc(Br)cc1)n2-c1ccc(OC)nc1. The number of methoxy groups -OCH3 is 1. The number of fused-ring (bicyclic) bond motifs is 1. The van der Waals surface area contributed by atoms with E-state index in [0.29, 0.717) is 12.5 Å². The maximum atomic E-state index is 5.50. The minimum atomic E-state index is 0.0519. The van der Waals surface area contributed by atoms with Gasteiger partial charge >= 0.3 is 0 Å². The van der Waals surface area contributed by atoms with E-state index in [1.165, 1.54) is 5.69 Å². The molecule has 4 rings (SSSR count). The summed E-state index contributed by atoms with van der Waals surface area (Å²) in [7, 11) is 1.63. The Morgan fingerprint density at radius 3 is 2.61 bits per heavy atom. The Labute approximate surface area is 191 Å². The molecule has 0 atom stereocenters. The summed E-state index contributed by atoms with van der Waals surface area (Å²) in [4.78, 5) is 9.96. The van der Waals surface area contributed by atoms with E-state index >= 15 is 0 Å². The maximum absolute atomic E-state index is 5.50. The van der Waals surface area contributed by atoms with Crippen LogP contribution in [-0.2, 0) is 11.3 Å². The van der Waals surface area contributed by atoms with Gasteiger partial charge in [0, 0.05) is 21.8 Å². The largest absolute Gasteiger partial charge is 0.481 e. The molecule has 0 radical (unpaired) electrons. The van der Waals surface area contributed by atoms with Gasteiger partial charge in [0.2, 0.25) is 5.88 Å².